The zero-order chi connectivity index (χ0) is 16.0. The third kappa shape index (κ3) is 10.2. The quantitative estimate of drug-likeness (QED) is 0.481. The summed E-state index contributed by atoms with van der Waals surface area (Å²) in [6.07, 6.45) is 13.0. The van der Waals surface area contributed by atoms with Crippen molar-refractivity contribution in [2.75, 3.05) is 6.61 Å². The van der Waals surface area contributed by atoms with E-state index in [4.69, 9.17) is 10.5 Å². The van der Waals surface area contributed by atoms with Crippen molar-refractivity contribution in [3.8, 4) is 5.75 Å². The predicted molar refractivity (Wildman–Crippen MR) is 99.5 cm³/mol. The van der Waals surface area contributed by atoms with E-state index in [1.165, 1.54) is 57.8 Å². The lowest BCUT2D eigenvalue weighted by Gasteiger charge is -2.09. The number of halogens is 1. The minimum absolute atomic E-state index is 0. The van der Waals surface area contributed by atoms with E-state index >= 15 is 0 Å². The molecule has 0 saturated carbocycles. The molecule has 0 atom stereocenters. The molecule has 1 amide bonds. The van der Waals surface area contributed by atoms with Gasteiger partial charge in [0.1, 0.15) is 5.75 Å². The smallest absolute Gasteiger partial charge is 0.252 e. The van der Waals surface area contributed by atoms with E-state index in [9.17, 15) is 4.79 Å². The first-order valence-corrected chi connectivity index (χ1v) is 8.77. The lowest BCUT2D eigenvalue weighted by Crippen LogP contribution is -2.13. The van der Waals surface area contributed by atoms with Crippen LogP contribution in [0.25, 0.3) is 0 Å². The molecule has 0 bridgehead atoms. The summed E-state index contributed by atoms with van der Waals surface area (Å²) in [6.45, 7) is 2.91. The van der Waals surface area contributed by atoms with Crippen molar-refractivity contribution in [1.29, 1.82) is 0 Å². The van der Waals surface area contributed by atoms with Gasteiger partial charge in [0.05, 0.1) is 12.2 Å². The molecule has 3 nitrogen and oxygen atoms in total. The number of primary amides is 1. The summed E-state index contributed by atoms with van der Waals surface area (Å²) in [7, 11) is 0. The minimum Gasteiger partial charge on any atom is -0.493 e. The number of unbranched alkanes of at least 4 members (excludes halogenated alkanes) is 9. The Bertz CT molecular complexity index is 424. The van der Waals surface area contributed by atoms with Gasteiger partial charge in [0, 0.05) is 0 Å². The Balaban J connectivity index is 0.00000484. The Morgan fingerprint density at radius 3 is 2.00 bits per heavy atom. The fraction of sp³-hybridized carbons (Fsp3) is 0.632. The SMILES string of the molecule is CCCCCCCCCCCCOc1ccccc1C(N)=O.Cl. The minimum atomic E-state index is -0.432. The summed E-state index contributed by atoms with van der Waals surface area (Å²) in [5.74, 6) is 0.171. The lowest BCUT2D eigenvalue weighted by atomic mass is 10.1. The zero-order valence-electron chi connectivity index (χ0n) is 14.4. The number of amides is 1. The molecule has 0 aliphatic heterocycles. The first kappa shape index (κ1) is 21.8. The molecule has 1 aromatic carbocycles. The van der Waals surface area contributed by atoms with Gasteiger partial charge in [-0.05, 0) is 18.6 Å². The largest absolute Gasteiger partial charge is 0.493 e. The van der Waals surface area contributed by atoms with E-state index in [-0.39, 0.29) is 12.4 Å². The number of ether oxygens (including phenoxy) is 1. The van der Waals surface area contributed by atoms with E-state index in [1.807, 2.05) is 6.07 Å². The van der Waals surface area contributed by atoms with Gasteiger partial charge in [0.25, 0.3) is 5.91 Å². The van der Waals surface area contributed by atoms with E-state index < -0.39 is 5.91 Å². The summed E-state index contributed by atoms with van der Waals surface area (Å²) in [5.41, 5.74) is 5.79. The van der Waals surface area contributed by atoms with E-state index in [2.05, 4.69) is 6.92 Å². The van der Waals surface area contributed by atoms with Crippen LogP contribution in [0.4, 0.5) is 0 Å². The molecule has 0 heterocycles. The second-order valence-corrected chi connectivity index (χ2v) is 5.89. The van der Waals surface area contributed by atoms with E-state index in [0.717, 1.165) is 6.42 Å². The summed E-state index contributed by atoms with van der Waals surface area (Å²) in [5, 5.41) is 0. The maximum atomic E-state index is 11.3. The van der Waals surface area contributed by atoms with Gasteiger partial charge in [-0.1, -0.05) is 76.8 Å². The maximum Gasteiger partial charge on any atom is 0.252 e. The molecule has 0 aliphatic rings. The first-order chi connectivity index (χ1) is 10.8. The number of hydrogen-bond donors (Lipinski definition) is 1. The van der Waals surface area contributed by atoms with Crippen LogP contribution < -0.4 is 10.5 Å². The third-order valence-electron chi connectivity index (χ3n) is 3.91. The molecule has 23 heavy (non-hydrogen) atoms. The highest BCUT2D eigenvalue weighted by molar-refractivity contribution is 5.95. The average molecular weight is 342 g/mol. The van der Waals surface area contributed by atoms with Crippen LogP contribution in [0.2, 0.25) is 0 Å². The van der Waals surface area contributed by atoms with E-state index in [0.29, 0.717) is 17.9 Å². The molecule has 0 radical (unpaired) electrons. The van der Waals surface area contributed by atoms with Crippen molar-refractivity contribution in [3.63, 3.8) is 0 Å². The number of para-hydroxylation sites is 1. The van der Waals surface area contributed by atoms with Crippen LogP contribution in [0.5, 0.6) is 5.75 Å². The van der Waals surface area contributed by atoms with Crippen LogP contribution in [0.15, 0.2) is 24.3 Å². The maximum absolute atomic E-state index is 11.3. The van der Waals surface area contributed by atoms with Gasteiger partial charge in [-0.25, -0.2) is 0 Å². The van der Waals surface area contributed by atoms with Gasteiger partial charge in [-0.15, -0.1) is 12.4 Å². The van der Waals surface area contributed by atoms with Crippen LogP contribution in [0, 0.1) is 0 Å². The molecular formula is C19H32ClNO2. The second-order valence-electron chi connectivity index (χ2n) is 5.89. The highest BCUT2D eigenvalue weighted by Gasteiger charge is 2.07. The molecule has 0 spiro atoms. The summed E-state index contributed by atoms with van der Waals surface area (Å²) >= 11 is 0. The normalized spacial score (nSPS) is 10.1. The van der Waals surface area contributed by atoms with Gasteiger partial charge >= 0.3 is 0 Å². The van der Waals surface area contributed by atoms with Gasteiger partial charge in [-0.3, -0.25) is 4.79 Å². The van der Waals surface area contributed by atoms with Gasteiger partial charge < -0.3 is 10.5 Å². The summed E-state index contributed by atoms with van der Waals surface area (Å²) in [6, 6.07) is 7.17. The molecule has 132 valence electrons. The number of rotatable bonds is 13. The zero-order valence-corrected chi connectivity index (χ0v) is 15.2. The average Bonchev–Trinajstić information content (AvgIpc) is 2.53. The standard InChI is InChI=1S/C19H31NO2.ClH/c1-2-3-4-5-6-7-8-9-10-13-16-22-18-15-12-11-14-17(18)19(20)21;/h11-12,14-15H,2-10,13,16H2,1H3,(H2,20,21);1H. The van der Waals surface area contributed by atoms with Crippen LogP contribution in [-0.4, -0.2) is 12.5 Å². The monoisotopic (exact) mass is 341 g/mol. The molecule has 0 saturated heterocycles. The Labute approximate surface area is 147 Å². The van der Waals surface area contributed by atoms with Gasteiger partial charge in [0.2, 0.25) is 0 Å². The topological polar surface area (TPSA) is 52.3 Å². The van der Waals surface area contributed by atoms with Crippen molar-refractivity contribution in [3.05, 3.63) is 29.8 Å². The number of carbonyl (C=O) groups excluding carboxylic acids is 1. The molecule has 2 N–H and O–H groups in total. The van der Waals surface area contributed by atoms with Gasteiger partial charge in [0.15, 0.2) is 0 Å². The fourth-order valence-corrected chi connectivity index (χ4v) is 2.57. The van der Waals surface area contributed by atoms with Crippen LogP contribution >= 0.6 is 12.4 Å². The molecule has 0 aromatic heterocycles. The Kier molecular flexibility index (Phi) is 13.6. The number of benzene rings is 1. The molecule has 4 heteroatoms. The molecule has 0 unspecified atom stereocenters. The highest BCUT2D eigenvalue weighted by atomic mass is 35.5. The number of carbonyl (C=O) groups is 1. The summed E-state index contributed by atoms with van der Waals surface area (Å²) in [4.78, 5) is 11.3. The Hall–Kier alpha value is -1.22. The van der Waals surface area contributed by atoms with Crippen LogP contribution in [0.1, 0.15) is 81.5 Å². The van der Waals surface area contributed by atoms with Crippen molar-refractivity contribution in [2.24, 2.45) is 5.73 Å². The van der Waals surface area contributed by atoms with Crippen molar-refractivity contribution in [2.45, 2.75) is 71.1 Å². The second kappa shape index (κ2) is 14.4. The lowest BCUT2D eigenvalue weighted by molar-refractivity contribution is 0.0996. The molecular weight excluding hydrogens is 310 g/mol. The number of nitrogens with two attached hydrogens (primary N) is 1. The van der Waals surface area contributed by atoms with Crippen LogP contribution in [0.3, 0.4) is 0 Å². The molecule has 1 aromatic rings. The molecule has 1 rings (SSSR count). The summed E-state index contributed by atoms with van der Waals surface area (Å²) < 4.78 is 5.67. The van der Waals surface area contributed by atoms with Crippen molar-refractivity contribution < 1.29 is 9.53 Å². The first-order valence-electron chi connectivity index (χ1n) is 8.77. The van der Waals surface area contributed by atoms with Crippen molar-refractivity contribution >= 4 is 18.3 Å². The molecule has 0 fully saturated rings. The third-order valence-corrected chi connectivity index (χ3v) is 3.91. The predicted octanol–water partition coefficient (Wildman–Crippen LogP) is 5.51. The highest BCUT2D eigenvalue weighted by Crippen LogP contribution is 2.18. The Morgan fingerprint density at radius 2 is 1.43 bits per heavy atom. The van der Waals surface area contributed by atoms with E-state index in [1.54, 1.807) is 18.2 Å². The van der Waals surface area contributed by atoms with Gasteiger partial charge in [-0.2, -0.15) is 0 Å². The van der Waals surface area contributed by atoms with Crippen LogP contribution in [-0.2, 0) is 0 Å². The van der Waals surface area contributed by atoms with Crippen molar-refractivity contribution in [1.82, 2.24) is 0 Å². The number of hydrogen-bond acceptors (Lipinski definition) is 2. The Morgan fingerprint density at radius 1 is 0.913 bits per heavy atom. The molecule has 0 aliphatic carbocycles. The fourth-order valence-electron chi connectivity index (χ4n) is 2.57.